The monoisotopic (exact) mass is 389 g/mol. The number of carbonyl (C=O) groups is 2. The van der Waals surface area contributed by atoms with E-state index >= 15 is 0 Å². The molecule has 0 unspecified atom stereocenters. The van der Waals surface area contributed by atoms with E-state index in [1.807, 2.05) is 43.1 Å². The number of fused-ring (bicyclic) bond motifs is 1. The number of aromatic amines is 1. The lowest BCUT2D eigenvalue weighted by molar-refractivity contribution is -0.128. The fourth-order valence-electron chi connectivity index (χ4n) is 4.11. The number of likely N-dealkylation sites (tertiary alicyclic amines) is 1. The maximum absolute atomic E-state index is 12.7. The van der Waals surface area contributed by atoms with Crippen LogP contribution in [0.4, 0.5) is 5.69 Å². The van der Waals surface area contributed by atoms with Gasteiger partial charge in [0.2, 0.25) is 11.8 Å². The fourth-order valence-corrected chi connectivity index (χ4v) is 4.11. The van der Waals surface area contributed by atoms with Crippen LogP contribution in [0.1, 0.15) is 28.7 Å². The van der Waals surface area contributed by atoms with Gasteiger partial charge in [-0.1, -0.05) is 29.3 Å². The van der Waals surface area contributed by atoms with E-state index in [-0.39, 0.29) is 24.2 Å². The van der Waals surface area contributed by atoms with E-state index < -0.39 is 0 Å². The summed E-state index contributed by atoms with van der Waals surface area (Å²) in [5.41, 5.74) is 6.56. The Hall–Kier alpha value is -3.08. The van der Waals surface area contributed by atoms with Crippen molar-refractivity contribution in [1.82, 2.24) is 9.88 Å². The standard InChI is InChI=1S/C24H27N3O2/c1-15-4-6-21(17(3)10-15)26-24(29)19-12-23(28)27(14-19)9-8-18-13-25-22-7-5-16(2)11-20(18)22/h4-7,10-11,13,19,25H,8-9,12,14H2,1-3H3,(H,26,29)/t19-/m0/s1. The molecule has 1 atom stereocenters. The van der Waals surface area contributed by atoms with Crippen LogP contribution in [0.2, 0.25) is 0 Å². The zero-order chi connectivity index (χ0) is 20.5. The molecule has 0 aliphatic carbocycles. The molecule has 29 heavy (non-hydrogen) atoms. The lowest BCUT2D eigenvalue weighted by Crippen LogP contribution is -2.30. The summed E-state index contributed by atoms with van der Waals surface area (Å²) in [5, 5.41) is 4.21. The van der Waals surface area contributed by atoms with E-state index in [4.69, 9.17) is 0 Å². The number of H-pyrrole nitrogens is 1. The molecule has 4 rings (SSSR count). The maximum Gasteiger partial charge on any atom is 0.229 e. The van der Waals surface area contributed by atoms with Crippen molar-refractivity contribution in [1.29, 1.82) is 0 Å². The molecule has 1 aliphatic heterocycles. The molecule has 0 spiro atoms. The third-order valence-electron chi connectivity index (χ3n) is 5.80. The van der Waals surface area contributed by atoms with E-state index in [9.17, 15) is 9.59 Å². The third-order valence-corrected chi connectivity index (χ3v) is 5.80. The minimum atomic E-state index is -0.298. The second kappa shape index (κ2) is 7.74. The van der Waals surface area contributed by atoms with Gasteiger partial charge in [0.25, 0.3) is 0 Å². The van der Waals surface area contributed by atoms with Crippen molar-refractivity contribution in [2.24, 2.45) is 5.92 Å². The molecule has 2 N–H and O–H groups in total. The molecule has 0 saturated carbocycles. The average Bonchev–Trinajstić information content (AvgIpc) is 3.25. The molecule has 2 aromatic carbocycles. The number of nitrogens with zero attached hydrogens (tertiary/aromatic N) is 1. The van der Waals surface area contributed by atoms with Crippen LogP contribution in [0.25, 0.3) is 10.9 Å². The fraction of sp³-hybridized carbons (Fsp3) is 0.333. The molecule has 5 heteroatoms. The number of anilines is 1. The third kappa shape index (κ3) is 4.04. The Balaban J connectivity index is 1.38. The predicted molar refractivity (Wildman–Crippen MR) is 116 cm³/mol. The van der Waals surface area contributed by atoms with Gasteiger partial charge < -0.3 is 15.2 Å². The van der Waals surface area contributed by atoms with Crippen LogP contribution in [0.15, 0.2) is 42.6 Å². The quantitative estimate of drug-likeness (QED) is 0.689. The smallest absolute Gasteiger partial charge is 0.229 e. The molecule has 1 aromatic heterocycles. The Kier molecular flexibility index (Phi) is 5.14. The van der Waals surface area contributed by atoms with Gasteiger partial charge in [0.15, 0.2) is 0 Å². The van der Waals surface area contributed by atoms with Gasteiger partial charge in [-0.15, -0.1) is 0 Å². The summed E-state index contributed by atoms with van der Waals surface area (Å²) in [6, 6.07) is 12.3. The average molecular weight is 389 g/mol. The van der Waals surface area contributed by atoms with Crippen LogP contribution < -0.4 is 5.32 Å². The van der Waals surface area contributed by atoms with E-state index in [0.717, 1.165) is 28.8 Å². The summed E-state index contributed by atoms with van der Waals surface area (Å²) in [6.45, 7) is 7.21. The van der Waals surface area contributed by atoms with E-state index in [2.05, 4.69) is 35.4 Å². The molecule has 0 bridgehead atoms. The molecule has 1 fully saturated rings. The number of rotatable bonds is 5. The topological polar surface area (TPSA) is 65.2 Å². The molecule has 2 heterocycles. The maximum atomic E-state index is 12.7. The van der Waals surface area contributed by atoms with Crippen LogP contribution >= 0.6 is 0 Å². The Bertz CT molecular complexity index is 1080. The van der Waals surface area contributed by atoms with Gasteiger partial charge in [-0.2, -0.15) is 0 Å². The molecule has 0 radical (unpaired) electrons. The molecular formula is C24H27N3O2. The molecule has 5 nitrogen and oxygen atoms in total. The molecule has 150 valence electrons. The van der Waals surface area contributed by atoms with Crippen LogP contribution in [-0.2, 0) is 16.0 Å². The number of nitrogens with one attached hydrogen (secondary N) is 2. The predicted octanol–water partition coefficient (Wildman–Crippen LogP) is 4.12. The van der Waals surface area contributed by atoms with Crippen molar-refractivity contribution in [2.45, 2.75) is 33.6 Å². The number of benzene rings is 2. The molecule has 1 saturated heterocycles. The number of hydrogen-bond acceptors (Lipinski definition) is 2. The summed E-state index contributed by atoms with van der Waals surface area (Å²) in [7, 11) is 0. The minimum Gasteiger partial charge on any atom is -0.361 e. The zero-order valence-electron chi connectivity index (χ0n) is 17.2. The van der Waals surface area contributed by atoms with Gasteiger partial charge in [-0.3, -0.25) is 9.59 Å². The van der Waals surface area contributed by atoms with Gasteiger partial charge in [-0.25, -0.2) is 0 Å². The first-order valence-electron chi connectivity index (χ1n) is 10.1. The normalized spacial score (nSPS) is 16.6. The van der Waals surface area contributed by atoms with Crippen molar-refractivity contribution in [2.75, 3.05) is 18.4 Å². The van der Waals surface area contributed by atoms with Crippen molar-refractivity contribution < 1.29 is 9.59 Å². The molecule has 2 amide bonds. The highest BCUT2D eigenvalue weighted by Crippen LogP contribution is 2.24. The molecule has 3 aromatic rings. The largest absolute Gasteiger partial charge is 0.361 e. The molecule has 1 aliphatic rings. The Morgan fingerprint density at radius 1 is 1.14 bits per heavy atom. The van der Waals surface area contributed by atoms with Gasteiger partial charge in [0, 0.05) is 42.3 Å². The molecular weight excluding hydrogens is 362 g/mol. The van der Waals surface area contributed by atoms with Crippen molar-refractivity contribution in [3.8, 4) is 0 Å². The minimum absolute atomic E-state index is 0.0572. The lowest BCUT2D eigenvalue weighted by atomic mass is 10.1. The Morgan fingerprint density at radius 3 is 2.69 bits per heavy atom. The SMILES string of the molecule is Cc1ccc(NC(=O)[C@H]2CC(=O)N(CCc3c[nH]c4ccc(C)cc34)C2)c(C)c1. The second-order valence-corrected chi connectivity index (χ2v) is 8.16. The lowest BCUT2D eigenvalue weighted by Gasteiger charge is -2.17. The highest BCUT2D eigenvalue weighted by atomic mass is 16.2. The van der Waals surface area contributed by atoms with Crippen LogP contribution in [-0.4, -0.2) is 34.8 Å². The number of aryl methyl sites for hydroxylation is 3. The number of carbonyl (C=O) groups excluding carboxylic acids is 2. The highest BCUT2D eigenvalue weighted by molar-refractivity contribution is 5.97. The van der Waals surface area contributed by atoms with E-state index in [0.29, 0.717) is 13.1 Å². The zero-order valence-corrected chi connectivity index (χ0v) is 17.2. The van der Waals surface area contributed by atoms with E-state index in [1.165, 1.54) is 16.5 Å². The first kappa shape index (κ1) is 19.2. The van der Waals surface area contributed by atoms with Gasteiger partial charge in [-0.05, 0) is 56.5 Å². The van der Waals surface area contributed by atoms with Crippen LogP contribution in [0.3, 0.4) is 0 Å². The van der Waals surface area contributed by atoms with Crippen LogP contribution in [0.5, 0.6) is 0 Å². The summed E-state index contributed by atoms with van der Waals surface area (Å²) in [6.07, 6.45) is 3.08. The van der Waals surface area contributed by atoms with Crippen LogP contribution in [0, 0.1) is 26.7 Å². The highest BCUT2D eigenvalue weighted by Gasteiger charge is 2.34. The first-order chi connectivity index (χ1) is 13.9. The number of hydrogen-bond donors (Lipinski definition) is 2. The Labute approximate surface area is 171 Å². The van der Waals surface area contributed by atoms with Crippen molar-refractivity contribution in [3.63, 3.8) is 0 Å². The van der Waals surface area contributed by atoms with Gasteiger partial charge >= 0.3 is 0 Å². The second-order valence-electron chi connectivity index (χ2n) is 8.16. The van der Waals surface area contributed by atoms with E-state index in [1.54, 1.807) is 0 Å². The summed E-state index contributed by atoms with van der Waals surface area (Å²) >= 11 is 0. The first-order valence-corrected chi connectivity index (χ1v) is 10.1. The Morgan fingerprint density at radius 2 is 1.90 bits per heavy atom. The summed E-state index contributed by atoms with van der Waals surface area (Å²) in [5.74, 6) is -0.314. The van der Waals surface area contributed by atoms with Crippen molar-refractivity contribution in [3.05, 3.63) is 64.8 Å². The number of aromatic nitrogens is 1. The summed E-state index contributed by atoms with van der Waals surface area (Å²) in [4.78, 5) is 30.3. The van der Waals surface area contributed by atoms with Gasteiger partial charge in [0.05, 0.1) is 5.92 Å². The summed E-state index contributed by atoms with van der Waals surface area (Å²) < 4.78 is 0. The number of amides is 2. The van der Waals surface area contributed by atoms with Crippen molar-refractivity contribution >= 4 is 28.4 Å². The van der Waals surface area contributed by atoms with Gasteiger partial charge in [0.1, 0.15) is 0 Å².